The molecule has 1 aliphatic carbocycles. The summed E-state index contributed by atoms with van der Waals surface area (Å²) in [6.45, 7) is 4.95. The van der Waals surface area contributed by atoms with Gasteiger partial charge in [0.15, 0.2) is 5.69 Å². The van der Waals surface area contributed by atoms with Gasteiger partial charge in [-0.1, -0.05) is 0 Å². The number of carbonyl (C=O) groups excluding carboxylic acids is 2. The van der Waals surface area contributed by atoms with Gasteiger partial charge in [-0.3, -0.25) is 14.5 Å². The average Bonchev–Trinajstić information content (AvgIpc) is 2.91. The minimum Gasteiger partial charge on any atom is -0.364 e. The van der Waals surface area contributed by atoms with Gasteiger partial charge in [-0.15, -0.1) is 0 Å². The quantitative estimate of drug-likeness (QED) is 0.739. The monoisotopic (exact) mass is 475 g/mol. The smallest absolute Gasteiger partial charge is 0.269 e. The standard InChI is InChI=1S/C21H23BrFN5O2/c1-11(29)27-4-2-26(3-5-27)10-18-19(20(24)30)25-21-15-8-16(22)17(23)9-14(15)12-6-13(7-12)28(18)21/h8-9,12-13H,2-7,10H2,1H3,(H2,24,30). The molecule has 158 valence electrons. The van der Waals surface area contributed by atoms with Gasteiger partial charge in [0.25, 0.3) is 5.91 Å². The fourth-order valence-corrected chi connectivity index (χ4v) is 5.32. The Balaban J connectivity index is 1.56. The minimum absolute atomic E-state index is 0.0839. The Kier molecular flexibility index (Phi) is 4.70. The van der Waals surface area contributed by atoms with Crippen LogP contribution in [0.1, 0.15) is 53.5 Å². The van der Waals surface area contributed by atoms with Crippen LogP contribution in [0.2, 0.25) is 0 Å². The maximum Gasteiger partial charge on any atom is 0.269 e. The van der Waals surface area contributed by atoms with Crippen LogP contribution in [0, 0.1) is 5.82 Å². The summed E-state index contributed by atoms with van der Waals surface area (Å²) in [6.07, 6.45) is 1.81. The third-order valence-corrected chi connectivity index (χ3v) is 7.29. The van der Waals surface area contributed by atoms with Gasteiger partial charge in [-0.2, -0.15) is 0 Å². The van der Waals surface area contributed by atoms with Crippen LogP contribution >= 0.6 is 15.9 Å². The Labute approximate surface area is 182 Å². The first-order chi connectivity index (χ1) is 14.3. The normalized spacial score (nSPS) is 22.7. The molecule has 0 radical (unpaired) electrons. The van der Waals surface area contributed by atoms with Gasteiger partial charge in [0.2, 0.25) is 5.91 Å². The van der Waals surface area contributed by atoms with E-state index in [1.807, 2.05) is 4.90 Å². The highest BCUT2D eigenvalue weighted by Crippen LogP contribution is 2.53. The maximum atomic E-state index is 14.2. The van der Waals surface area contributed by atoms with Crippen LogP contribution in [0.4, 0.5) is 4.39 Å². The molecule has 2 aromatic rings. The van der Waals surface area contributed by atoms with E-state index in [1.54, 1.807) is 19.1 Å². The van der Waals surface area contributed by atoms with Gasteiger partial charge in [-0.25, -0.2) is 9.37 Å². The number of imidazole rings is 1. The number of benzene rings is 1. The highest BCUT2D eigenvalue weighted by molar-refractivity contribution is 9.10. The Morgan fingerprint density at radius 1 is 1.23 bits per heavy atom. The van der Waals surface area contributed by atoms with Crippen molar-refractivity contribution < 1.29 is 14.0 Å². The zero-order chi connectivity index (χ0) is 21.2. The Bertz CT molecular complexity index is 1050. The number of aromatic nitrogens is 2. The molecule has 0 unspecified atom stereocenters. The number of hydrogen-bond donors (Lipinski definition) is 1. The van der Waals surface area contributed by atoms with Gasteiger partial charge >= 0.3 is 0 Å². The number of carbonyl (C=O) groups is 2. The second-order valence-corrected chi connectivity index (χ2v) is 9.28. The van der Waals surface area contributed by atoms with Gasteiger partial charge in [0.1, 0.15) is 11.6 Å². The molecule has 7 nitrogen and oxygen atoms in total. The van der Waals surface area contributed by atoms with Crippen LogP contribution in [-0.4, -0.2) is 57.3 Å². The van der Waals surface area contributed by atoms with Crippen molar-refractivity contribution in [3.63, 3.8) is 0 Å². The molecule has 2 fully saturated rings. The lowest BCUT2D eigenvalue weighted by molar-refractivity contribution is -0.130. The topological polar surface area (TPSA) is 84.5 Å². The number of amides is 2. The van der Waals surface area contributed by atoms with Crippen LogP contribution in [-0.2, 0) is 11.3 Å². The maximum absolute atomic E-state index is 14.2. The number of primary amides is 1. The van der Waals surface area contributed by atoms with E-state index in [4.69, 9.17) is 5.73 Å². The van der Waals surface area contributed by atoms with E-state index in [2.05, 4.69) is 30.4 Å². The molecule has 1 saturated carbocycles. The van der Waals surface area contributed by atoms with E-state index in [0.717, 1.165) is 42.8 Å². The van der Waals surface area contributed by atoms with Crippen molar-refractivity contribution in [2.75, 3.05) is 26.2 Å². The van der Waals surface area contributed by atoms with Crippen LogP contribution in [0.3, 0.4) is 0 Å². The fourth-order valence-electron chi connectivity index (χ4n) is 4.98. The van der Waals surface area contributed by atoms with Gasteiger partial charge in [-0.05, 0) is 52.4 Å². The molecular formula is C21H23BrFN5O2. The lowest BCUT2D eigenvalue weighted by atomic mass is 9.75. The van der Waals surface area contributed by atoms with Gasteiger partial charge < -0.3 is 15.2 Å². The average molecular weight is 476 g/mol. The highest BCUT2D eigenvalue weighted by Gasteiger charge is 2.41. The molecule has 4 heterocycles. The summed E-state index contributed by atoms with van der Waals surface area (Å²) in [5, 5.41) is 0. The Hall–Kier alpha value is -2.26. The summed E-state index contributed by atoms with van der Waals surface area (Å²) >= 11 is 3.29. The molecule has 0 spiro atoms. The predicted molar refractivity (Wildman–Crippen MR) is 112 cm³/mol. The van der Waals surface area contributed by atoms with E-state index in [-0.39, 0.29) is 23.5 Å². The molecule has 4 aliphatic rings. The summed E-state index contributed by atoms with van der Waals surface area (Å²) < 4.78 is 16.8. The molecule has 3 aliphatic heterocycles. The first-order valence-corrected chi connectivity index (χ1v) is 11.0. The van der Waals surface area contributed by atoms with Gasteiger partial charge in [0.05, 0.1) is 10.2 Å². The summed E-state index contributed by atoms with van der Waals surface area (Å²) in [6, 6.07) is 3.59. The highest BCUT2D eigenvalue weighted by atomic mass is 79.9. The largest absolute Gasteiger partial charge is 0.364 e. The first kappa shape index (κ1) is 19.7. The molecular weight excluding hydrogens is 453 g/mol. The second-order valence-electron chi connectivity index (χ2n) is 8.42. The molecule has 9 heteroatoms. The number of rotatable bonds is 3. The van der Waals surface area contributed by atoms with Crippen molar-refractivity contribution in [1.29, 1.82) is 0 Å². The summed E-state index contributed by atoms with van der Waals surface area (Å²) in [5.41, 5.74) is 8.64. The number of nitrogens with two attached hydrogens (primary N) is 1. The van der Waals surface area contributed by atoms with Crippen molar-refractivity contribution in [3.8, 4) is 11.4 Å². The Morgan fingerprint density at radius 3 is 2.57 bits per heavy atom. The van der Waals surface area contributed by atoms with Crippen molar-refractivity contribution in [2.45, 2.75) is 38.3 Å². The zero-order valence-corrected chi connectivity index (χ0v) is 18.3. The van der Waals surface area contributed by atoms with Crippen LogP contribution < -0.4 is 5.73 Å². The molecule has 0 atom stereocenters. The lowest BCUT2D eigenvalue weighted by Crippen LogP contribution is -2.48. The van der Waals surface area contributed by atoms with E-state index >= 15 is 0 Å². The molecule has 1 saturated heterocycles. The predicted octanol–water partition coefficient (Wildman–Crippen LogP) is 2.65. The minimum atomic E-state index is -0.549. The number of nitrogens with zero attached hydrogens (tertiary/aromatic N) is 4. The van der Waals surface area contributed by atoms with E-state index in [1.165, 1.54) is 0 Å². The Morgan fingerprint density at radius 2 is 1.93 bits per heavy atom. The third kappa shape index (κ3) is 3.06. The number of piperazine rings is 1. The van der Waals surface area contributed by atoms with Crippen molar-refractivity contribution >= 4 is 27.7 Å². The van der Waals surface area contributed by atoms with Crippen molar-refractivity contribution in [1.82, 2.24) is 19.4 Å². The summed E-state index contributed by atoms with van der Waals surface area (Å²) in [4.78, 5) is 32.6. The fraction of sp³-hybridized carbons (Fsp3) is 0.476. The van der Waals surface area contributed by atoms with Crippen LogP contribution in [0.5, 0.6) is 0 Å². The zero-order valence-electron chi connectivity index (χ0n) is 16.7. The molecule has 2 amide bonds. The van der Waals surface area contributed by atoms with Crippen molar-refractivity contribution in [2.24, 2.45) is 5.73 Å². The molecule has 30 heavy (non-hydrogen) atoms. The molecule has 2 N–H and O–H groups in total. The summed E-state index contributed by atoms with van der Waals surface area (Å²) in [7, 11) is 0. The molecule has 6 rings (SSSR count). The van der Waals surface area contributed by atoms with Crippen LogP contribution in [0.15, 0.2) is 16.6 Å². The molecule has 2 bridgehead atoms. The summed E-state index contributed by atoms with van der Waals surface area (Å²) in [5.74, 6) is 0.253. The van der Waals surface area contributed by atoms with E-state index < -0.39 is 5.91 Å². The second kappa shape index (κ2) is 7.16. The van der Waals surface area contributed by atoms with Crippen LogP contribution in [0.25, 0.3) is 11.4 Å². The molecule has 1 aromatic heterocycles. The number of hydrogen-bond acceptors (Lipinski definition) is 4. The lowest BCUT2D eigenvalue weighted by Gasteiger charge is -2.37. The third-order valence-electron chi connectivity index (χ3n) is 6.69. The van der Waals surface area contributed by atoms with Crippen molar-refractivity contribution in [3.05, 3.63) is 39.4 Å². The van der Waals surface area contributed by atoms with E-state index in [9.17, 15) is 14.0 Å². The van der Waals surface area contributed by atoms with E-state index in [0.29, 0.717) is 35.8 Å². The first-order valence-electron chi connectivity index (χ1n) is 10.2. The van der Waals surface area contributed by atoms with Gasteiger partial charge in [0, 0.05) is 51.3 Å². The number of halogens is 2. The molecule has 1 aromatic carbocycles. The SMILES string of the molecule is CC(=O)N1CCN(Cc2c(C(N)=O)nc3n2C2CC(C2)c2cc(F)c(Br)cc2-3)CC1.